The van der Waals surface area contributed by atoms with Crippen LogP contribution in [-0.4, -0.2) is 42.4 Å². The number of carbonyl (C=O) groups is 1. The predicted molar refractivity (Wildman–Crippen MR) is 74.0 cm³/mol. The van der Waals surface area contributed by atoms with E-state index in [0.717, 1.165) is 25.7 Å². The fraction of sp³-hybridized carbons (Fsp3) is 0.571. The van der Waals surface area contributed by atoms with Crippen molar-refractivity contribution in [2.75, 3.05) is 19.5 Å². The standard InChI is InChI=1S/C14H20N2O4/c1-19-13-11(14(18)20-2)7-8-12(16-13)15-9-3-5-10(17)6-4-9/h7-10,17H,3-6H2,1-2H3,(H,15,16). The molecule has 110 valence electrons. The molecular formula is C14H20N2O4. The number of nitrogens with zero attached hydrogens (tertiary/aromatic N) is 1. The molecule has 1 aromatic rings. The number of hydrogen-bond donors (Lipinski definition) is 2. The molecule has 0 saturated heterocycles. The lowest BCUT2D eigenvalue weighted by molar-refractivity contribution is 0.0596. The summed E-state index contributed by atoms with van der Waals surface area (Å²) in [6.45, 7) is 0. The van der Waals surface area contributed by atoms with Crippen molar-refractivity contribution < 1.29 is 19.4 Å². The number of carbonyl (C=O) groups excluding carboxylic acids is 1. The molecule has 0 atom stereocenters. The second-order valence-corrected chi connectivity index (χ2v) is 4.89. The average molecular weight is 280 g/mol. The molecule has 1 aliphatic rings. The zero-order valence-electron chi connectivity index (χ0n) is 11.8. The average Bonchev–Trinajstić information content (AvgIpc) is 2.48. The Hall–Kier alpha value is -1.82. The Morgan fingerprint density at radius 1 is 1.30 bits per heavy atom. The Morgan fingerprint density at radius 2 is 2.00 bits per heavy atom. The van der Waals surface area contributed by atoms with Gasteiger partial charge in [-0.1, -0.05) is 0 Å². The summed E-state index contributed by atoms with van der Waals surface area (Å²) in [5.41, 5.74) is 0.305. The summed E-state index contributed by atoms with van der Waals surface area (Å²) in [4.78, 5) is 15.8. The van der Waals surface area contributed by atoms with Gasteiger partial charge in [0.1, 0.15) is 11.4 Å². The van der Waals surface area contributed by atoms with E-state index in [4.69, 9.17) is 4.74 Å². The summed E-state index contributed by atoms with van der Waals surface area (Å²) in [7, 11) is 2.79. The van der Waals surface area contributed by atoms with Gasteiger partial charge in [0.15, 0.2) is 0 Å². The number of ether oxygens (including phenoxy) is 2. The fourth-order valence-corrected chi connectivity index (χ4v) is 2.37. The van der Waals surface area contributed by atoms with Gasteiger partial charge in [-0.25, -0.2) is 4.79 Å². The van der Waals surface area contributed by atoms with Crippen molar-refractivity contribution in [3.05, 3.63) is 17.7 Å². The SMILES string of the molecule is COC(=O)c1ccc(NC2CCC(O)CC2)nc1OC. The Balaban J connectivity index is 2.07. The van der Waals surface area contributed by atoms with Crippen LogP contribution in [0.2, 0.25) is 0 Å². The minimum atomic E-state index is -0.471. The van der Waals surface area contributed by atoms with Crippen molar-refractivity contribution in [1.29, 1.82) is 0 Å². The maximum atomic E-state index is 11.5. The van der Waals surface area contributed by atoms with Gasteiger partial charge >= 0.3 is 5.97 Å². The summed E-state index contributed by atoms with van der Waals surface area (Å²) in [6.07, 6.45) is 3.23. The molecule has 0 bridgehead atoms. The van der Waals surface area contributed by atoms with Crippen molar-refractivity contribution in [2.45, 2.75) is 37.8 Å². The summed E-state index contributed by atoms with van der Waals surface area (Å²) in [6, 6.07) is 3.66. The number of anilines is 1. The molecule has 0 unspecified atom stereocenters. The molecule has 20 heavy (non-hydrogen) atoms. The molecule has 6 heteroatoms. The van der Waals surface area contributed by atoms with Crippen LogP contribution in [0.1, 0.15) is 36.0 Å². The molecule has 0 amide bonds. The van der Waals surface area contributed by atoms with E-state index < -0.39 is 5.97 Å². The molecular weight excluding hydrogens is 260 g/mol. The van der Waals surface area contributed by atoms with Crippen molar-refractivity contribution in [3.63, 3.8) is 0 Å². The van der Waals surface area contributed by atoms with Gasteiger partial charge in [0.05, 0.1) is 20.3 Å². The first-order valence-corrected chi connectivity index (χ1v) is 6.72. The number of rotatable bonds is 4. The number of methoxy groups -OCH3 is 2. The molecule has 6 nitrogen and oxygen atoms in total. The number of pyridine rings is 1. The summed E-state index contributed by atoms with van der Waals surface area (Å²) >= 11 is 0. The number of aromatic nitrogens is 1. The highest BCUT2D eigenvalue weighted by molar-refractivity contribution is 5.92. The molecule has 0 aliphatic heterocycles. The van der Waals surface area contributed by atoms with Crippen LogP contribution in [0.25, 0.3) is 0 Å². The summed E-state index contributed by atoms with van der Waals surface area (Å²) < 4.78 is 9.80. The number of hydrogen-bond acceptors (Lipinski definition) is 6. The third-order valence-corrected chi connectivity index (χ3v) is 3.51. The molecule has 2 N–H and O–H groups in total. The first kappa shape index (κ1) is 14.6. The second-order valence-electron chi connectivity index (χ2n) is 4.89. The summed E-state index contributed by atoms with van der Waals surface area (Å²) in [5.74, 6) is 0.440. The van der Waals surface area contributed by atoms with Crippen molar-refractivity contribution >= 4 is 11.8 Å². The highest BCUT2D eigenvalue weighted by Crippen LogP contribution is 2.24. The molecule has 1 saturated carbocycles. The van der Waals surface area contributed by atoms with E-state index in [1.54, 1.807) is 12.1 Å². The van der Waals surface area contributed by atoms with Gasteiger partial charge in [0, 0.05) is 6.04 Å². The smallest absolute Gasteiger partial charge is 0.343 e. The normalized spacial score (nSPS) is 22.1. The van der Waals surface area contributed by atoms with Gasteiger partial charge < -0.3 is 19.9 Å². The lowest BCUT2D eigenvalue weighted by Crippen LogP contribution is -2.28. The minimum absolute atomic E-state index is 0.183. The van der Waals surface area contributed by atoms with Crippen LogP contribution in [0.4, 0.5) is 5.82 Å². The number of nitrogens with one attached hydrogen (secondary N) is 1. The van der Waals surface area contributed by atoms with Crippen molar-refractivity contribution in [2.24, 2.45) is 0 Å². The third kappa shape index (κ3) is 3.39. The van der Waals surface area contributed by atoms with E-state index in [2.05, 4.69) is 15.0 Å². The van der Waals surface area contributed by atoms with Crippen LogP contribution in [0, 0.1) is 0 Å². The van der Waals surface area contributed by atoms with Crippen LogP contribution in [0.15, 0.2) is 12.1 Å². The van der Waals surface area contributed by atoms with Crippen LogP contribution in [0.3, 0.4) is 0 Å². The topological polar surface area (TPSA) is 80.7 Å². The Bertz CT molecular complexity index is 470. The first-order chi connectivity index (χ1) is 9.63. The van der Waals surface area contributed by atoms with Crippen LogP contribution in [0.5, 0.6) is 5.88 Å². The lowest BCUT2D eigenvalue weighted by Gasteiger charge is -2.26. The fourth-order valence-electron chi connectivity index (χ4n) is 2.37. The van der Waals surface area contributed by atoms with Crippen molar-refractivity contribution in [3.8, 4) is 5.88 Å². The number of esters is 1. The van der Waals surface area contributed by atoms with Crippen LogP contribution >= 0.6 is 0 Å². The molecule has 0 radical (unpaired) electrons. The largest absolute Gasteiger partial charge is 0.480 e. The van der Waals surface area contributed by atoms with E-state index in [9.17, 15) is 9.90 Å². The van der Waals surface area contributed by atoms with E-state index in [-0.39, 0.29) is 12.0 Å². The minimum Gasteiger partial charge on any atom is -0.480 e. The monoisotopic (exact) mass is 280 g/mol. The molecule has 0 aromatic carbocycles. The highest BCUT2D eigenvalue weighted by Gasteiger charge is 2.20. The van der Waals surface area contributed by atoms with Gasteiger partial charge in [0.2, 0.25) is 5.88 Å². The van der Waals surface area contributed by atoms with Crippen LogP contribution < -0.4 is 10.1 Å². The first-order valence-electron chi connectivity index (χ1n) is 6.72. The van der Waals surface area contributed by atoms with Crippen molar-refractivity contribution in [1.82, 2.24) is 4.98 Å². The molecule has 1 aromatic heterocycles. The zero-order valence-corrected chi connectivity index (χ0v) is 11.8. The predicted octanol–water partition coefficient (Wildman–Crippen LogP) is 1.59. The maximum absolute atomic E-state index is 11.5. The number of aliphatic hydroxyl groups is 1. The second kappa shape index (κ2) is 6.56. The number of aliphatic hydroxyl groups excluding tert-OH is 1. The Labute approximate surface area is 118 Å². The van der Waals surface area contributed by atoms with Crippen LogP contribution in [-0.2, 0) is 4.74 Å². The molecule has 2 rings (SSSR count). The Kier molecular flexibility index (Phi) is 4.79. The van der Waals surface area contributed by atoms with Gasteiger partial charge in [-0.2, -0.15) is 4.98 Å². The molecule has 1 fully saturated rings. The van der Waals surface area contributed by atoms with E-state index in [1.807, 2.05) is 0 Å². The molecule has 0 spiro atoms. The van der Waals surface area contributed by atoms with Gasteiger partial charge in [-0.15, -0.1) is 0 Å². The van der Waals surface area contributed by atoms with E-state index in [0.29, 0.717) is 17.4 Å². The lowest BCUT2D eigenvalue weighted by atomic mass is 9.93. The van der Waals surface area contributed by atoms with E-state index in [1.165, 1.54) is 14.2 Å². The summed E-state index contributed by atoms with van der Waals surface area (Å²) in [5, 5.41) is 12.8. The van der Waals surface area contributed by atoms with E-state index >= 15 is 0 Å². The van der Waals surface area contributed by atoms with Gasteiger partial charge in [-0.3, -0.25) is 0 Å². The molecule has 1 aliphatic carbocycles. The maximum Gasteiger partial charge on any atom is 0.343 e. The Morgan fingerprint density at radius 3 is 2.60 bits per heavy atom. The quantitative estimate of drug-likeness (QED) is 0.815. The van der Waals surface area contributed by atoms with Gasteiger partial charge in [0.25, 0.3) is 0 Å². The third-order valence-electron chi connectivity index (χ3n) is 3.51. The highest BCUT2D eigenvalue weighted by atomic mass is 16.5. The van der Waals surface area contributed by atoms with Gasteiger partial charge in [-0.05, 0) is 37.8 Å². The zero-order chi connectivity index (χ0) is 14.5. The molecule has 1 heterocycles.